The molecular weight excluding hydrogens is 242 g/mol. The molecule has 0 spiro atoms. The van der Waals surface area contributed by atoms with Crippen LogP contribution in [0.4, 0.5) is 0 Å². The molecule has 1 heterocycles. The summed E-state index contributed by atoms with van der Waals surface area (Å²) in [5.41, 5.74) is 9.51. The first-order valence-corrected chi connectivity index (χ1v) is 7.13. The normalized spacial score (nSPS) is 12.6. The van der Waals surface area contributed by atoms with Crippen molar-refractivity contribution in [2.45, 2.75) is 27.2 Å². The van der Waals surface area contributed by atoms with Crippen LogP contribution in [0.15, 0.2) is 36.5 Å². The molecule has 0 unspecified atom stereocenters. The number of aryl methyl sites for hydroxylation is 2. The number of hydrogen-bond donors (Lipinski definition) is 0. The van der Waals surface area contributed by atoms with Crippen LogP contribution >= 0.6 is 0 Å². The van der Waals surface area contributed by atoms with E-state index < -0.39 is 0 Å². The fourth-order valence-electron chi connectivity index (χ4n) is 3.37. The van der Waals surface area contributed by atoms with Crippen LogP contribution < -0.4 is 0 Å². The number of nitrogens with zero attached hydrogens (tertiary/aromatic N) is 1. The first-order chi connectivity index (χ1) is 9.66. The number of fused-ring (bicyclic) bond motifs is 5. The first kappa shape index (κ1) is 11.7. The van der Waals surface area contributed by atoms with Crippen molar-refractivity contribution in [3.8, 4) is 11.1 Å². The van der Waals surface area contributed by atoms with Gasteiger partial charge in [0, 0.05) is 23.6 Å². The molecule has 0 aliphatic heterocycles. The Hall–Kier alpha value is -2.15. The molecule has 0 saturated carbocycles. The summed E-state index contributed by atoms with van der Waals surface area (Å²) in [6.07, 6.45) is 3.01. The van der Waals surface area contributed by atoms with E-state index in [0.29, 0.717) is 0 Å². The van der Waals surface area contributed by atoms with Gasteiger partial charge < -0.3 is 0 Å². The van der Waals surface area contributed by atoms with Crippen molar-refractivity contribution in [1.29, 1.82) is 0 Å². The van der Waals surface area contributed by atoms with E-state index in [1.807, 2.05) is 6.20 Å². The van der Waals surface area contributed by atoms with Crippen LogP contribution in [0.3, 0.4) is 0 Å². The predicted molar refractivity (Wildman–Crippen MR) is 84.2 cm³/mol. The minimum absolute atomic E-state index is 0.974. The van der Waals surface area contributed by atoms with Crippen molar-refractivity contribution in [1.82, 2.24) is 4.98 Å². The van der Waals surface area contributed by atoms with E-state index in [1.54, 1.807) is 0 Å². The standard InChI is InChI=1S/C19H17N/c1-11-7-8-15-16(13(11)3)9-18-19(15)14-6-4-5-12(2)17(14)10-20-18/h4-8,10H,9H2,1-3H3. The van der Waals surface area contributed by atoms with Gasteiger partial charge in [-0.1, -0.05) is 30.3 Å². The largest absolute Gasteiger partial charge is 0.260 e. The average Bonchev–Trinajstić information content (AvgIpc) is 2.83. The molecule has 1 nitrogen and oxygen atoms in total. The molecule has 20 heavy (non-hydrogen) atoms. The molecule has 98 valence electrons. The van der Waals surface area contributed by atoms with E-state index >= 15 is 0 Å². The van der Waals surface area contributed by atoms with Gasteiger partial charge in [-0.15, -0.1) is 0 Å². The number of rotatable bonds is 0. The second-order valence-corrected chi connectivity index (χ2v) is 5.83. The summed E-state index contributed by atoms with van der Waals surface area (Å²) < 4.78 is 0. The van der Waals surface area contributed by atoms with Crippen LogP contribution in [0.25, 0.3) is 21.9 Å². The summed E-state index contributed by atoms with van der Waals surface area (Å²) in [4.78, 5) is 4.73. The predicted octanol–water partition coefficient (Wildman–Crippen LogP) is 4.73. The van der Waals surface area contributed by atoms with Gasteiger partial charge in [0.2, 0.25) is 0 Å². The Kier molecular flexibility index (Phi) is 2.29. The SMILES string of the molecule is Cc1ccc2c(c1C)Cc1ncc3c(C)cccc3c1-2. The quantitative estimate of drug-likeness (QED) is 0.445. The molecule has 3 aromatic rings. The van der Waals surface area contributed by atoms with Gasteiger partial charge in [-0.25, -0.2) is 0 Å². The molecule has 0 radical (unpaired) electrons. The smallest absolute Gasteiger partial charge is 0.0532 e. The van der Waals surface area contributed by atoms with Crippen molar-refractivity contribution in [2.75, 3.05) is 0 Å². The third kappa shape index (κ3) is 1.41. The lowest BCUT2D eigenvalue weighted by Crippen LogP contribution is -1.90. The molecule has 0 amide bonds. The highest BCUT2D eigenvalue weighted by molar-refractivity contribution is 6.01. The molecule has 0 fully saturated rings. The Balaban J connectivity index is 2.14. The fraction of sp³-hybridized carbons (Fsp3) is 0.211. The molecule has 0 bridgehead atoms. The summed E-state index contributed by atoms with van der Waals surface area (Å²) in [6.45, 7) is 6.58. The highest BCUT2D eigenvalue weighted by Gasteiger charge is 2.24. The third-order valence-electron chi connectivity index (χ3n) is 4.71. The Morgan fingerprint density at radius 3 is 2.60 bits per heavy atom. The molecule has 1 heteroatoms. The molecule has 2 aromatic carbocycles. The molecule has 1 aromatic heterocycles. The molecule has 0 N–H and O–H groups in total. The second-order valence-electron chi connectivity index (χ2n) is 5.83. The van der Waals surface area contributed by atoms with Crippen molar-refractivity contribution < 1.29 is 0 Å². The highest BCUT2D eigenvalue weighted by atomic mass is 14.7. The first-order valence-electron chi connectivity index (χ1n) is 7.13. The van der Waals surface area contributed by atoms with Gasteiger partial charge >= 0.3 is 0 Å². The number of benzene rings is 2. The zero-order valence-corrected chi connectivity index (χ0v) is 12.1. The van der Waals surface area contributed by atoms with Crippen molar-refractivity contribution in [2.24, 2.45) is 0 Å². The van der Waals surface area contributed by atoms with Crippen LogP contribution in [0, 0.1) is 20.8 Å². The van der Waals surface area contributed by atoms with E-state index in [4.69, 9.17) is 4.98 Å². The number of hydrogen-bond acceptors (Lipinski definition) is 1. The lowest BCUT2D eigenvalue weighted by Gasteiger charge is -2.09. The van der Waals surface area contributed by atoms with Crippen LogP contribution in [0.5, 0.6) is 0 Å². The van der Waals surface area contributed by atoms with Gasteiger partial charge in [0.15, 0.2) is 0 Å². The summed E-state index contributed by atoms with van der Waals surface area (Å²) in [5.74, 6) is 0. The topological polar surface area (TPSA) is 12.9 Å². The molecule has 0 atom stereocenters. The zero-order chi connectivity index (χ0) is 13.9. The van der Waals surface area contributed by atoms with Crippen molar-refractivity contribution >= 4 is 10.8 Å². The summed E-state index contributed by atoms with van der Waals surface area (Å²) >= 11 is 0. The highest BCUT2D eigenvalue weighted by Crippen LogP contribution is 2.42. The maximum Gasteiger partial charge on any atom is 0.0532 e. The molecule has 1 aliphatic carbocycles. The number of pyridine rings is 1. The average molecular weight is 259 g/mol. The van der Waals surface area contributed by atoms with Crippen LogP contribution in [0.2, 0.25) is 0 Å². The lowest BCUT2D eigenvalue weighted by atomic mass is 9.95. The Labute approximate surface area is 119 Å². The van der Waals surface area contributed by atoms with Gasteiger partial charge in [0.1, 0.15) is 0 Å². The van der Waals surface area contributed by atoms with E-state index in [1.165, 1.54) is 49.8 Å². The monoisotopic (exact) mass is 259 g/mol. The Morgan fingerprint density at radius 1 is 0.900 bits per heavy atom. The fourth-order valence-corrected chi connectivity index (χ4v) is 3.37. The van der Waals surface area contributed by atoms with Gasteiger partial charge in [0.05, 0.1) is 5.69 Å². The van der Waals surface area contributed by atoms with Crippen LogP contribution in [-0.2, 0) is 6.42 Å². The summed E-state index contributed by atoms with van der Waals surface area (Å²) in [7, 11) is 0. The zero-order valence-electron chi connectivity index (χ0n) is 12.1. The third-order valence-corrected chi connectivity index (χ3v) is 4.71. The molecule has 1 aliphatic rings. The van der Waals surface area contributed by atoms with Gasteiger partial charge in [0.25, 0.3) is 0 Å². The lowest BCUT2D eigenvalue weighted by molar-refractivity contribution is 1.11. The maximum absolute atomic E-state index is 4.73. The van der Waals surface area contributed by atoms with E-state index in [2.05, 4.69) is 51.1 Å². The van der Waals surface area contributed by atoms with Crippen LogP contribution in [0.1, 0.15) is 27.9 Å². The van der Waals surface area contributed by atoms with Crippen LogP contribution in [-0.4, -0.2) is 4.98 Å². The van der Waals surface area contributed by atoms with Gasteiger partial charge in [-0.3, -0.25) is 4.98 Å². The Morgan fingerprint density at radius 2 is 1.75 bits per heavy atom. The molecular formula is C19H17N. The number of aromatic nitrogens is 1. The van der Waals surface area contributed by atoms with E-state index in [-0.39, 0.29) is 0 Å². The molecule has 4 rings (SSSR count). The van der Waals surface area contributed by atoms with E-state index in [9.17, 15) is 0 Å². The summed E-state index contributed by atoms with van der Waals surface area (Å²) in [6, 6.07) is 11.0. The Bertz CT molecular complexity index is 859. The van der Waals surface area contributed by atoms with E-state index in [0.717, 1.165) is 6.42 Å². The van der Waals surface area contributed by atoms with Gasteiger partial charge in [-0.2, -0.15) is 0 Å². The van der Waals surface area contributed by atoms with Crippen molar-refractivity contribution in [3.63, 3.8) is 0 Å². The minimum Gasteiger partial charge on any atom is -0.260 e. The van der Waals surface area contributed by atoms with Gasteiger partial charge in [-0.05, 0) is 54.0 Å². The second kappa shape index (κ2) is 3.92. The summed E-state index contributed by atoms with van der Waals surface area (Å²) in [5, 5.41) is 2.62. The maximum atomic E-state index is 4.73. The minimum atomic E-state index is 0.974. The molecule has 0 saturated heterocycles. The van der Waals surface area contributed by atoms with Crippen molar-refractivity contribution in [3.05, 3.63) is 64.5 Å².